The number of rotatable bonds is 8. The maximum atomic E-state index is 6.58. The van der Waals surface area contributed by atoms with Gasteiger partial charge in [-0.1, -0.05) is 99.3 Å². The van der Waals surface area contributed by atoms with Gasteiger partial charge in [0.2, 0.25) is 0 Å². The topological polar surface area (TPSA) is 38.3 Å². The quantitative estimate of drug-likeness (QED) is 0.111. The first kappa shape index (κ1) is 41.0. The van der Waals surface area contributed by atoms with Gasteiger partial charge in [-0.15, -0.1) is 42.1 Å². The van der Waals surface area contributed by atoms with Crippen LogP contribution in [0.3, 0.4) is 0 Å². The van der Waals surface area contributed by atoms with Crippen LogP contribution in [0.25, 0.3) is 0 Å². The number of nitrogens with zero attached hydrogens (tertiary/aromatic N) is 6. The summed E-state index contributed by atoms with van der Waals surface area (Å²) < 4.78 is 6.58. The Morgan fingerprint density at radius 2 is 1.19 bits per heavy atom. The first-order valence-corrected chi connectivity index (χ1v) is 21.4. The zero-order valence-electron chi connectivity index (χ0n) is 36.0. The van der Waals surface area contributed by atoms with Crippen molar-refractivity contribution in [3.05, 3.63) is 213 Å². The summed E-state index contributed by atoms with van der Waals surface area (Å²) in [5.74, 6) is 1.93. The van der Waals surface area contributed by atoms with Crippen LogP contribution in [-0.2, 0) is 26.5 Å². The van der Waals surface area contributed by atoms with Crippen LogP contribution in [0, 0.1) is 18.8 Å². The molecule has 11 rings (SSSR count). The summed E-state index contributed by atoms with van der Waals surface area (Å²) in [6.45, 7) is 8.72. The molecular weight excluding hydrogens is 967 g/mol. The summed E-state index contributed by atoms with van der Waals surface area (Å²) >= 11 is 0. The normalized spacial score (nSPS) is 13.5. The van der Waals surface area contributed by atoms with Gasteiger partial charge < -0.3 is 29.2 Å². The first-order valence-electron chi connectivity index (χ1n) is 21.4. The molecule has 0 unspecified atom stereocenters. The second-order valence-corrected chi connectivity index (χ2v) is 17.2. The minimum Gasteiger partial charge on any atom is -0.510 e. The molecule has 0 amide bonds. The van der Waals surface area contributed by atoms with Crippen molar-refractivity contribution in [3.8, 4) is 11.5 Å². The molecule has 0 saturated carbocycles. The number of para-hydroxylation sites is 4. The van der Waals surface area contributed by atoms with Gasteiger partial charge in [0.25, 0.3) is 6.71 Å². The molecule has 0 atom stereocenters. The van der Waals surface area contributed by atoms with Crippen molar-refractivity contribution in [1.82, 2.24) is 9.88 Å². The third kappa shape index (κ3) is 7.32. The standard InChI is InChI=1S/C55H44BN6O.Pt/c1-55(2,3)39-29-30-57-53(33-39)60(43-22-16-24-46(35-43)63-45-23-15-21-42(34-45)59-32-31-58(4)38-59)44-36-51-54-52(37-44)62(41-19-9-6-10-20-41)50-28-14-12-26-48(50)56(54)47-25-11-13-27-49(47)61(51)40-17-7-5-8-18-40;/h5-33,36-38H,1-4H3;/q-3;. The molecule has 316 valence electrons. The number of anilines is 10. The molecule has 0 aliphatic carbocycles. The van der Waals surface area contributed by atoms with E-state index in [1.165, 1.54) is 22.0 Å². The van der Waals surface area contributed by atoms with Crippen LogP contribution >= 0.6 is 0 Å². The Bertz CT molecular complexity index is 2920. The third-order valence-corrected chi connectivity index (χ3v) is 12.0. The molecule has 0 bridgehead atoms. The third-order valence-electron chi connectivity index (χ3n) is 12.0. The van der Waals surface area contributed by atoms with E-state index in [0.717, 1.165) is 57.0 Å². The number of hydrogen-bond donors (Lipinski definition) is 0. The molecule has 1 aromatic heterocycles. The fourth-order valence-corrected chi connectivity index (χ4v) is 9.11. The number of benzene rings is 7. The predicted octanol–water partition coefficient (Wildman–Crippen LogP) is 11.7. The van der Waals surface area contributed by atoms with Gasteiger partial charge in [-0.2, -0.15) is 18.8 Å². The maximum Gasteiger partial charge on any atom is 0.252 e. The Morgan fingerprint density at radius 3 is 1.78 bits per heavy atom. The Balaban J connectivity index is 0.00000484. The summed E-state index contributed by atoms with van der Waals surface area (Å²) in [5, 5.41) is 0. The second-order valence-electron chi connectivity index (χ2n) is 17.2. The minimum atomic E-state index is -0.119. The molecule has 0 spiro atoms. The molecule has 0 fully saturated rings. The molecule has 8 aromatic rings. The van der Waals surface area contributed by atoms with E-state index in [4.69, 9.17) is 9.72 Å². The zero-order valence-corrected chi connectivity index (χ0v) is 38.2. The average Bonchev–Trinajstić information content (AvgIpc) is 3.75. The van der Waals surface area contributed by atoms with Crippen molar-refractivity contribution in [2.45, 2.75) is 26.2 Å². The number of fused-ring (bicyclic) bond motifs is 4. The van der Waals surface area contributed by atoms with Crippen LogP contribution < -0.4 is 40.7 Å². The van der Waals surface area contributed by atoms with Crippen molar-refractivity contribution in [2.75, 3.05) is 26.6 Å². The van der Waals surface area contributed by atoms with E-state index in [0.29, 0.717) is 11.5 Å². The van der Waals surface area contributed by atoms with E-state index in [9.17, 15) is 0 Å². The summed E-state index contributed by atoms with van der Waals surface area (Å²) in [6.07, 6.45) is 5.92. The Kier molecular flexibility index (Phi) is 10.6. The van der Waals surface area contributed by atoms with E-state index in [-0.39, 0.29) is 33.2 Å². The number of aromatic nitrogens is 1. The predicted molar refractivity (Wildman–Crippen MR) is 260 cm³/mol. The van der Waals surface area contributed by atoms with Gasteiger partial charge >= 0.3 is 0 Å². The monoisotopic (exact) mass is 1010 g/mol. The molecule has 7 aromatic carbocycles. The Morgan fingerprint density at radius 1 is 0.609 bits per heavy atom. The number of hydrogen-bond acceptors (Lipinski definition) is 7. The second kappa shape index (κ2) is 16.6. The molecule has 64 heavy (non-hydrogen) atoms. The van der Waals surface area contributed by atoms with Crippen LogP contribution in [0.2, 0.25) is 0 Å². The van der Waals surface area contributed by atoms with Crippen molar-refractivity contribution >= 4 is 80.1 Å². The molecule has 3 aliphatic rings. The summed E-state index contributed by atoms with van der Waals surface area (Å²) in [7, 11) is 2.00. The Labute approximate surface area is 390 Å². The van der Waals surface area contributed by atoms with Crippen LogP contribution in [0.1, 0.15) is 26.3 Å². The molecular formula is C55H44BN6OPt-3. The van der Waals surface area contributed by atoms with Crippen LogP contribution in [0.4, 0.5) is 57.0 Å². The summed E-state index contributed by atoms with van der Waals surface area (Å²) in [4.78, 5) is 16.2. The molecule has 3 aliphatic heterocycles. The maximum absolute atomic E-state index is 6.58. The zero-order chi connectivity index (χ0) is 42.7. The van der Waals surface area contributed by atoms with Crippen molar-refractivity contribution < 1.29 is 25.8 Å². The minimum absolute atomic E-state index is 0. The molecule has 9 heteroatoms. The van der Waals surface area contributed by atoms with Crippen molar-refractivity contribution in [2.24, 2.45) is 0 Å². The van der Waals surface area contributed by atoms with E-state index in [2.05, 4.69) is 187 Å². The molecule has 0 radical (unpaired) electrons. The molecule has 4 heterocycles. The first-order chi connectivity index (χ1) is 30.8. The summed E-state index contributed by atoms with van der Waals surface area (Å²) in [5.41, 5.74) is 14.1. The van der Waals surface area contributed by atoms with Crippen molar-refractivity contribution in [3.63, 3.8) is 0 Å². The van der Waals surface area contributed by atoms with E-state index < -0.39 is 0 Å². The average molecular weight is 1010 g/mol. The van der Waals surface area contributed by atoms with E-state index >= 15 is 0 Å². The Hall–Kier alpha value is -7.02. The van der Waals surface area contributed by atoms with Crippen LogP contribution in [0.15, 0.2) is 188 Å². The van der Waals surface area contributed by atoms with E-state index in [1.54, 1.807) is 0 Å². The molecule has 0 saturated heterocycles. The SMILES string of the molecule is CN1C=CN(c2[c-]c(Oc3[c-]c(N(c4cc5c6c(c4)N(c4ccccc4)c4ccccc4B6c4ccccc4N5c4ccccc4)c4cc(C(C)(C)C)ccn4)ccc3)ccc2)[CH-]1.[Pt]. The summed E-state index contributed by atoms with van der Waals surface area (Å²) in [6, 6.07) is 67.3. The molecule has 7 nitrogen and oxygen atoms in total. The van der Waals surface area contributed by atoms with Gasteiger partial charge in [0.1, 0.15) is 5.82 Å². The van der Waals surface area contributed by atoms with Crippen LogP contribution in [0.5, 0.6) is 11.5 Å². The van der Waals surface area contributed by atoms with Gasteiger partial charge in [0, 0.05) is 78.6 Å². The fourth-order valence-electron chi connectivity index (χ4n) is 9.11. The van der Waals surface area contributed by atoms with E-state index in [1.807, 2.05) is 72.4 Å². The number of ether oxygens (including phenoxy) is 1. The van der Waals surface area contributed by atoms with Gasteiger partial charge in [0.05, 0.1) is 0 Å². The fraction of sp³-hybridized carbons (Fsp3) is 0.0909. The van der Waals surface area contributed by atoms with Gasteiger partial charge in [-0.3, -0.25) is 0 Å². The molecule has 0 N–H and O–H groups in total. The largest absolute Gasteiger partial charge is 0.510 e. The smallest absolute Gasteiger partial charge is 0.252 e. The van der Waals surface area contributed by atoms with Crippen LogP contribution in [-0.4, -0.2) is 23.6 Å². The number of pyridine rings is 1. The van der Waals surface area contributed by atoms with Gasteiger partial charge in [0.15, 0.2) is 0 Å². The van der Waals surface area contributed by atoms with Gasteiger partial charge in [-0.05, 0) is 107 Å². The van der Waals surface area contributed by atoms with Gasteiger partial charge in [-0.25, -0.2) is 4.98 Å². The van der Waals surface area contributed by atoms with Crippen molar-refractivity contribution in [1.29, 1.82) is 0 Å².